The van der Waals surface area contributed by atoms with Crippen LogP contribution in [0.2, 0.25) is 5.02 Å². The largest absolute Gasteiger partial charge is 0.326 e. The number of sulfonamides is 1. The number of benzene rings is 3. The van der Waals surface area contributed by atoms with Gasteiger partial charge in [-0.05, 0) is 42.0 Å². The highest BCUT2D eigenvalue weighted by Crippen LogP contribution is 2.29. The Kier molecular flexibility index (Phi) is 9.55. The second-order valence-corrected chi connectivity index (χ2v) is 8.98. The van der Waals surface area contributed by atoms with Crippen molar-refractivity contribution in [2.24, 2.45) is 5.73 Å². The summed E-state index contributed by atoms with van der Waals surface area (Å²) < 4.78 is 27.8. The first kappa shape index (κ1) is 24.6. The third kappa shape index (κ3) is 6.41. The lowest BCUT2D eigenvalue weighted by Gasteiger charge is -2.11. The van der Waals surface area contributed by atoms with Crippen molar-refractivity contribution in [3.8, 4) is 0 Å². The van der Waals surface area contributed by atoms with Gasteiger partial charge in [0.1, 0.15) is 4.90 Å². The SMILES string of the molecule is Cl.NCc1ccc(CCCNCCNS(=O)(=O)c2ccc3ccccc3c2Cl)cc1. The lowest BCUT2D eigenvalue weighted by Crippen LogP contribution is -2.32. The average molecular weight is 468 g/mol. The molecule has 0 atom stereocenters. The number of halogens is 2. The monoisotopic (exact) mass is 467 g/mol. The molecule has 0 spiro atoms. The summed E-state index contributed by atoms with van der Waals surface area (Å²) in [6.07, 6.45) is 1.95. The molecule has 0 aliphatic rings. The van der Waals surface area contributed by atoms with Gasteiger partial charge >= 0.3 is 0 Å². The normalized spacial score (nSPS) is 11.4. The van der Waals surface area contributed by atoms with E-state index in [1.54, 1.807) is 12.1 Å². The zero-order valence-corrected chi connectivity index (χ0v) is 19.0. The summed E-state index contributed by atoms with van der Waals surface area (Å²) in [6, 6.07) is 19.1. The van der Waals surface area contributed by atoms with Crippen molar-refractivity contribution in [3.05, 3.63) is 76.8 Å². The fourth-order valence-electron chi connectivity index (χ4n) is 3.16. The van der Waals surface area contributed by atoms with Crippen LogP contribution in [0.3, 0.4) is 0 Å². The van der Waals surface area contributed by atoms with Crippen LogP contribution in [0.25, 0.3) is 10.8 Å². The number of hydrogen-bond donors (Lipinski definition) is 3. The molecule has 30 heavy (non-hydrogen) atoms. The molecule has 0 fully saturated rings. The van der Waals surface area contributed by atoms with Crippen LogP contribution < -0.4 is 15.8 Å². The van der Waals surface area contributed by atoms with Crippen LogP contribution in [0.4, 0.5) is 0 Å². The molecular formula is C22H27Cl2N3O2S. The van der Waals surface area contributed by atoms with Crippen molar-refractivity contribution in [3.63, 3.8) is 0 Å². The predicted molar refractivity (Wildman–Crippen MR) is 127 cm³/mol. The molecule has 0 unspecified atom stereocenters. The van der Waals surface area contributed by atoms with E-state index in [0.717, 1.165) is 35.7 Å². The molecule has 3 aromatic rings. The van der Waals surface area contributed by atoms with Crippen LogP contribution in [-0.2, 0) is 23.0 Å². The fourth-order valence-corrected chi connectivity index (χ4v) is 4.82. The number of hydrogen-bond acceptors (Lipinski definition) is 4. The van der Waals surface area contributed by atoms with Crippen LogP contribution in [-0.4, -0.2) is 28.1 Å². The molecule has 0 amide bonds. The van der Waals surface area contributed by atoms with Crippen LogP contribution >= 0.6 is 24.0 Å². The molecule has 0 bridgehead atoms. The smallest absolute Gasteiger partial charge is 0.242 e. The third-order valence-corrected chi connectivity index (χ3v) is 6.81. The number of fused-ring (bicyclic) bond motifs is 1. The van der Waals surface area contributed by atoms with E-state index in [4.69, 9.17) is 17.3 Å². The van der Waals surface area contributed by atoms with E-state index in [-0.39, 0.29) is 22.3 Å². The Bertz CT molecular complexity index is 1060. The van der Waals surface area contributed by atoms with Crippen LogP contribution in [0.1, 0.15) is 17.5 Å². The number of aryl methyl sites for hydroxylation is 1. The molecule has 162 valence electrons. The maximum absolute atomic E-state index is 12.6. The molecule has 0 saturated heterocycles. The molecule has 0 aromatic heterocycles. The van der Waals surface area contributed by atoms with Gasteiger partial charge in [-0.2, -0.15) is 0 Å². The van der Waals surface area contributed by atoms with E-state index in [1.807, 2.05) is 24.3 Å². The standard InChI is InChI=1S/C22H26ClN3O2S.ClH/c23-22-20-6-2-1-5-19(20)11-12-21(22)29(27,28)26-15-14-25-13-3-4-17-7-9-18(16-24)10-8-17;/h1-2,5-12,25-26H,3-4,13-16,24H2;1H. The average Bonchev–Trinajstić information content (AvgIpc) is 2.73. The van der Waals surface area contributed by atoms with Crippen molar-refractivity contribution in [1.82, 2.24) is 10.0 Å². The van der Waals surface area contributed by atoms with Gasteiger partial charge in [0.05, 0.1) is 5.02 Å². The van der Waals surface area contributed by atoms with Gasteiger partial charge in [-0.25, -0.2) is 13.1 Å². The molecular weight excluding hydrogens is 441 g/mol. The van der Waals surface area contributed by atoms with E-state index in [2.05, 4.69) is 34.3 Å². The minimum Gasteiger partial charge on any atom is -0.326 e. The number of nitrogens with two attached hydrogens (primary N) is 1. The molecule has 3 rings (SSSR count). The van der Waals surface area contributed by atoms with Crippen LogP contribution in [0, 0.1) is 0 Å². The Morgan fingerprint density at radius 1 is 0.867 bits per heavy atom. The maximum atomic E-state index is 12.6. The molecule has 8 heteroatoms. The Morgan fingerprint density at radius 2 is 1.57 bits per heavy atom. The summed E-state index contributed by atoms with van der Waals surface area (Å²) in [5.41, 5.74) is 8.01. The molecule has 5 nitrogen and oxygen atoms in total. The second kappa shape index (κ2) is 11.6. The third-order valence-electron chi connectivity index (χ3n) is 4.79. The minimum atomic E-state index is -3.66. The summed E-state index contributed by atoms with van der Waals surface area (Å²) in [4.78, 5) is 0.110. The van der Waals surface area contributed by atoms with E-state index in [0.29, 0.717) is 19.6 Å². The van der Waals surface area contributed by atoms with Gasteiger partial charge in [-0.1, -0.05) is 66.2 Å². The van der Waals surface area contributed by atoms with Gasteiger partial charge in [0, 0.05) is 25.0 Å². The van der Waals surface area contributed by atoms with Crippen LogP contribution in [0.15, 0.2) is 65.6 Å². The van der Waals surface area contributed by atoms with Gasteiger partial charge in [-0.3, -0.25) is 0 Å². The Balaban J connectivity index is 0.00000320. The van der Waals surface area contributed by atoms with Gasteiger partial charge in [-0.15, -0.1) is 12.4 Å². The first-order valence-corrected chi connectivity index (χ1v) is 11.5. The highest BCUT2D eigenvalue weighted by molar-refractivity contribution is 7.89. The van der Waals surface area contributed by atoms with Crippen molar-refractivity contribution < 1.29 is 8.42 Å². The molecule has 0 aliphatic heterocycles. The molecule has 0 aliphatic carbocycles. The first-order chi connectivity index (χ1) is 14.0. The molecule has 0 saturated carbocycles. The number of rotatable bonds is 10. The van der Waals surface area contributed by atoms with Crippen molar-refractivity contribution in [1.29, 1.82) is 0 Å². The Hall–Kier alpha value is -1.67. The molecule has 3 aromatic carbocycles. The summed E-state index contributed by atoms with van der Waals surface area (Å²) in [5.74, 6) is 0. The van der Waals surface area contributed by atoms with Gasteiger partial charge < -0.3 is 11.1 Å². The Labute approximate surface area is 189 Å². The van der Waals surface area contributed by atoms with Crippen LogP contribution in [0.5, 0.6) is 0 Å². The second-order valence-electron chi connectivity index (χ2n) is 6.87. The first-order valence-electron chi connectivity index (χ1n) is 9.67. The van der Waals surface area contributed by atoms with Crippen molar-refractivity contribution in [2.75, 3.05) is 19.6 Å². The fraction of sp³-hybridized carbons (Fsp3) is 0.273. The van der Waals surface area contributed by atoms with E-state index in [1.165, 1.54) is 5.56 Å². The Morgan fingerprint density at radius 3 is 2.30 bits per heavy atom. The summed E-state index contributed by atoms with van der Waals surface area (Å²) in [5, 5.41) is 5.16. The number of nitrogens with one attached hydrogen (secondary N) is 2. The topological polar surface area (TPSA) is 84.2 Å². The molecule has 0 radical (unpaired) electrons. The quantitative estimate of drug-likeness (QED) is 0.395. The van der Waals surface area contributed by atoms with Gasteiger partial charge in [0.15, 0.2) is 0 Å². The van der Waals surface area contributed by atoms with Gasteiger partial charge in [0.25, 0.3) is 0 Å². The zero-order chi connectivity index (χ0) is 20.7. The van der Waals surface area contributed by atoms with Crippen molar-refractivity contribution >= 4 is 44.8 Å². The van der Waals surface area contributed by atoms with Gasteiger partial charge in [0.2, 0.25) is 10.0 Å². The van der Waals surface area contributed by atoms with E-state index in [9.17, 15) is 8.42 Å². The summed E-state index contributed by atoms with van der Waals surface area (Å²) in [6.45, 7) is 2.23. The lowest BCUT2D eigenvalue weighted by molar-refractivity contribution is 0.574. The van der Waals surface area contributed by atoms with E-state index < -0.39 is 10.0 Å². The lowest BCUT2D eigenvalue weighted by atomic mass is 10.1. The molecule has 0 heterocycles. The molecule has 4 N–H and O–H groups in total. The summed E-state index contributed by atoms with van der Waals surface area (Å²) >= 11 is 6.34. The summed E-state index contributed by atoms with van der Waals surface area (Å²) in [7, 11) is -3.66. The van der Waals surface area contributed by atoms with Crippen molar-refractivity contribution in [2.45, 2.75) is 24.3 Å². The highest BCUT2D eigenvalue weighted by atomic mass is 35.5. The highest BCUT2D eigenvalue weighted by Gasteiger charge is 2.18. The predicted octanol–water partition coefficient (Wildman–Crippen LogP) is 3.87. The van der Waals surface area contributed by atoms with E-state index >= 15 is 0 Å². The maximum Gasteiger partial charge on any atom is 0.242 e. The zero-order valence-electron chi connectivity index (χ0n) is 16.6. The minimum absolute atomic E-state index is 0.